The number of aliphatic hydroxyl groups is 1. The SMILES string of the molecule is COc1ccc([C@H]2Sc3cc(Cl)ccc3N(CCN3CCCCC3)C(=O)[C@@H]2O)cc1.Cl. The van der Waals surface area contributed by atoms with E-state index < -0.39 is 11.4 Å². The molecule has 2 aliphatic heterocycles. The summed E-state index contributed by atoms with van der Waals surface area (Å²) in [5.41, 5.74) is 1.70. The number of halogens is 2. The Morgan fingerprint density at radius 3 is 2.48 bits per heavy atom. The van der Waals surface area contributed by atoms with Crippen LogP contribution in [0.2, 0.25) is 5.02 Å². The zero-order chi connectivity index (χ0) is 21.1. The van der Waals surface area contributed by atoms with Crippen LogP contribution < -0.4 is 9.64 Å². The van der Waals surface area contributed by atoms with Crippen LogP contribution in [0.3, 0.4) is 0 Å². The van der Waals surface area contributed by atoms with Crippen molar-refractivity contribution in [1.82, 2.24) is 4.90 Å². The zero-order valence-electron chi connectivity index (χ0n) is 17.5. The number of piperidine rings is 1. The van der Waals surface area contributed by atoms with Gasteiger partial charge in [0, 0.05) is 23.0 Å². The third-order valence-corrected chi connectivity index (χ3v) is 7.41. The molecule has 4 rings (SSSR count). The van der Waals surface area contributed by atoms with Crippen LogP contribution in [0.15, 0.2) is 47.4 Å². The average molecular weight is 483 g/mol. The summed E-state index contributed by atoms with van der Waals surface area (Å²) in [5, 5.41) is 11.3. The Morgan fingerprint density at radius 1 is 1.10 bits per heavy atom. The fourth-order valence-electron chi connectivity index (χ4n) is 4.11. The van der Waals surface area contributed by atoms with Gasteiger partial charge >= 0.3 is 0 Å². The van der Waals surface area contributed by atoms with Crippen LogP contribution in [0.5, 0.6) is 5.75 Å². The van der Waals surface area contributed by atoms with E-state index in [-0.39, 0.29) is 18.3 Å². The molecule has 0 spiro atoms. The number of carbonyl (C=O) groups is 1. The number of fused-ring (bicyclic) bond motifs is 1. The third-order valence-electron chi connectivity index (χ3n) is 5.81. The Morgan fingerprint density at radius 2 is 1.81 bits per heavy atom. The fourth-order valence-corrected chi connectivity index (χ4v) is 5.66. The van der Waals surface area contributed by atoms with Crippen molar-refractivity contribution in [3.63, 3.8) is 0 Å². The maximum Gasteiger partial charge on any atom is 0.257 e. The van der Waals surface area contributed by atoms with E-state index in [9.17, 15) is 9.90 Å². The van der Waals surface area contributed by atoms with E-state index in [4.69, 9.17) is 16.3 Å². The molecule has 1 fully saturated rings. The average Bonchev–Trinajstić information content (AvgIpc) is 2.88. The van der Waals surface area contributed by atoms with Crippen LogP contribution in [0.4, 0.5) is 5.69 Å². The van der Waals surface area contributed by atoms with Gasteiger partial charge in [-0.05, 0) is 61.8 Å². The summed E-state index contributed by atoms with van der Waals surface area (Å²) in [7, 11) is 1.62. The largest absolute Gasteiger partial charge is 0.497 e. The number of methoxy groups -OCH3 is 1. The molecule has 2 aliphatic rings. The van der Waals surface area contributed by atoms with Crippen molar-refractivity contribution in [1.29, 1.82) is 0 Å². The van der Waals surface area contributed by atoms with Gasteiger partial charge in [-0.25, -0.2) is 0 Å². The number of thioether (sulfide) groups is 1. The summed E-state index contributed by atoms with van der Waals surface area (Å²) in [6.07, 6.45) is 2.55. The lowest BCUT2D eigenvalue weighted by Crippen LogP contribution is -2.45. The van der Waals surface area contributed by atoms with Crippen molar-refractivity contribution in [2.45, 2.75) is 35.5 Å². The molecule has 2 aromatic rings. The number of hydrogen-bond donors (Lipinski definition) is 1. The van der Waals surface area contributed by atoms with Gasteiger partial charge in [0.2, 0.25) is 0 Å². The molecular weight excluding hydrogens is 455 g/mol. The van der Waals surface area contributed by atoms with E-state index in [2.05, 4.69) is 4.90 Å². The van der Waals surface area contributed by atoms with Crippen LogP contribution in [-0.4, -0.2) is 55.3 Å². The smallest absolute Gasteiger partial charge is 0.257 e. The van der Waals surface area contributed by atoms with E-state index in [1.165, 1.54) is 31.0 Å². The summed E-state index contributed by atoms with van der Waals surface area (Å²) in [6.45, 7) is 3.50. The van der Waals surface area contributed by atoms with E-state index in [1.54, 1.807) is 12.0 Å². The number of anilines is 1. The molecule has 0 aliphatic carbocycles. The second kappa shape index (κ2) is 10.9. The van der Waals surface area contributed by atoms with Gasteiger partial charge in [-0.3, -0.25) is 4.79 Å². The quantitative estimate of drug-likeness (QED) is 0.663. The minimum absolute atomic E-state index is 0. The third kappa shape index (κ3) is 5.49. The van der Waals surface area contributed by atoms with Crippen molar-refractivity contribution >= 4 is 47.4 Å². The zero-order valence-corrected chi connectivity index (χ0v) is 19.9. The van der Waals surface area contributed by atoms with Gasteiger partial charge in [0.15, 0.2) is 0 Å². The molecule has 2 heterocycles. The minimum atomic E-state index is -1.14. The summed E-state index contributed by atoms with van der Waals surface area (Å²) >= 11 is 7.76. The van der Waals surface area contributed by atoms with Gasteiger partial charge in [0.25, 0.3) is 5.91 Å². The van der Waals surface area contributed by atoms with Crippen LogP contribution in [0.25, 0.3) is 0 Å². The number of nitrogens with zero attached hydrogens (tertiary/aromatic N) is 2. The molecule has 5 nitrogen and oxygen atoms in total. The number of benzene rings is 2. The molecule has 168 valence electrons. The molecule has 0 bridgehead atoms. The van der Waals surface area contributed by atoms with Gasteiger partial charge in [-0.1, -0.05) is 30.2 Å². The Balaban J connectivity index is 0.00000272. The summed E-state index contributed by atoms with van der Waals surface area (Å²) in [4.78, 5) is 18.4. The number of carbonyl (C=O) groups excluding carboxylic acids is 1. The predicted molar refractivity (Wildman–Crippen MR) is 129 cm³/mol. The Hall–Kier alpha value is -1.44. The number of hydrogen-bond acceptors (Lipinski definition) is 5. The second-order valence-corrected chi connectivity index (χ2v) is 9.38. The Kier molecular flexibility index (Phi) is 8.53. The Bertz CT molecular complexity index is 891. The van der Waals surface area contributed by atoms with Crippen LogP contribution in [0, 0.1) is 0 Å². The lowest BCUT2D eigenvalue weighted by atomic mass is 10.1. The molecule has 8 heteroatoms. The van der Waals surface area contributed by atoms with Crippen molar-refractivity contribution in [2.75, 3.05) is 38.2 Å². The van der Waals surface area contributed by atoms with Crippen LogP contribution >= 0.6 is 35.8 Å². The highest BCUT2D eigenvalue weighted by Gasteiger charge is 2.37. The fraction of sp³-hybridized carbons (Fsp3) is 0.435. The topological polar surface area (TPSA) is 53.0 Å². The molecule has 1 saturated heterocycles. The second-order valence-electron chi connectivity index (χ2n) is 7.76. The first-order valence-electron chi connectivity index (χ1n) is 10.4. The highest BCUT2D eigenvalue weighted by molar-refractivity contribution is 7.99. The molecule has 1 amide bonds. The van der Waals surface area contributed by atoms with Crippen LogP contribution in [-0.2, 0) is 4.79 Å². The summed E-state index contributed by atoms with van der Waals surface area (Å²) < 4.78 is 5.24. The van der Waals surface area contributed by atoms with Crippen molar-refractivity contribution in [2.24, 2.45) is 0 Å². The Labute approximate surface area is 199 Å². The number of aliphatic hydroxyl groups excluding tert-OH is 1. The van der Waals surface area contributed by atoms with Gasteiger partial charge in [-0.2, -0.15) is 0 Å². The lowest BCUT2D eigenvalue weighted by molar-refractivity contribution is -0.126. The summed E-state index contributed by atoms with van der Waals surface area (Å²) in [5.74, 6) is 0.478. The van der Waals surface area contributed by atoms with Crippen molar-refractivity contribution in [3.05, 3.63) is 53.1 Å². The first-order chi connectivity index (χ1) is 14.6. The molecule has 2 atom stereocenters. The molecule has 1 N–H and O–H groups in total. The van der Waals surface area contributed by atoms with E-state index in [0.717, 1.165) is 41.5 Å². The highest BCUT2D eigenvalue weighted by atomic mass is 35.5. The maximum atomic E-state index is 13.4. The molecule has 0 radical (unpaired) electrons. The first kappa shape index (κ1) is 24.2. The normalized spacial score (nSPS) is 21.8. The van der Waals surface area contributed by atoms with Gasteiger partial charge in [-0.15, -0.1) is 24.2 Å². The van der Waals surface area contributed by atoms with Gasteiger partial charge in [0.1, 0.15) is 11.9 Å². The number of rotatable bonds is 5. The molecule has 0 saturated carbocycles. The van der Waals surface area contributed by atoms with Gasteiger partial charge < -0.3 is 19.6 Å². The predicted octanol–water partition coefficient (Wildman–Crippen LogP) is 4.80. The molecular formula is C23H28Cl2N2O3S. The molecule has 0 aromatic heterocycles. The van der Waals surface area contributed by atoms with Gasteiger partial charge in [0.05, 0.1) is 18.0 Å². The van der Waals surface area contributed by atoms with Crippen molar-refractivity contribution in [3.8, 4) is 5.75 Å². The standard InChI is InChI=1S/C23H27ClN2O3S.ClH/c1-29-18-8-5-16(6-9-18)22-21(27)23(28)26(14-13-25-11-3-2-4-12-25)19-10-7-17(24)15-20(19)30-22;/h5-10,15,21-22,27H,2-4,11-14H2,1H3;1H/t21-,22-;/m1./s1. The highest BCUT2D eigenvalue weighted by Crippen LogP contribution is 2.46. The summed E-state index contributed by atoms with van der Waals surface area (Å²) in [6, 6.07) is 13.1. The maximum absolute atomic E-state index is 13.4. The number of amides is 1. The lowest BCUT2D eigenvalue weighted by Gasteiger charge is -2.31. The van der Waals surface area contributed by atoms with E-state index in [0.29, 0.717) is 11.6 Å². The molecule has 31 heavy (non-hydrogen) atoms. The molecule has 0 unspecified atom stereocenters. The number of ether oxygens (including phenoxy) is 1. The van der Waals surface area contributed by atoms with E-state index >= 15 is 0 Å². The monoisotopic (exact) mass is 482 g/mol. The number of likely N-dealkylation sites (tertiary alicyclic amines) is 1. The van der Waals surface area contributed by atoms with E-state index in [1.807, 2.05) is 42.5 Å². The van der Waals surface area contributed by atoms with Crippen LogP contribution in [0.1, 0.15) is 30.1 Å². The first-order valence-corrected chi connectivity index (χ1v) is 11.6. The molecule has 2 aromatic carbocycles. The van der Waals surface area contributed by atoms with Crippen molar-refractivity contribution < 1.29 is 14.6 Å². The minimum Gasteiger partial charge on any atom is -0.497 e.